The minimum atomic E-state index is -0.0145. The molecule has 1 aromatic carbocycles. The predicted molar refractivity (Wildman–Crippen MR) is 80.8 cm³/mol. The molecular weight excluding hydrogens is 238 g/mol. The average Bonchev–Trinajstić information content (AvgIpc) is 2.36. The second-order valence-electron chi connectivity index (χ2n) is 5.27. The van der Waals surface area contributed by atoms with Crippen LogP contribution < -0.4 is 10.6 Å². The van der Waals surface area contributed by atoms with Gasteiger partial charge in [-0.15, -0.1) is 0 Å². The molecule has 0 aliphatic rings. The van der Waals surface area contributed by atoms with Gasteiger partial charge < -0.3 is 15.5 Å². The Morgan fingerprint density at radius 3 is 2.63 bits per heavy atom. The van der Waals surface area contributed by atoms with Crippen LogP contribution in [-0.2, 0) is 0 Å². The van der Waals surface area contributed by atoms with Crippen LogP contribution >= 0.6 is 0 Å². The first kappa shape index (κ1) is 15.5. The maximum absolute atomic E-state index is 12.3. The quantitative estimate of drug-likeness (QED) is 0.826. The first-order valence-corrected chi connectivity index (χ1v) is 6.68. The van der Waals surface area contributed by atoms with Gasteiger partial charge >= 0.3 is 0 Å². The van der Waals surface area contributed by atoms with Gasteiger partial charge in [-0.3, -0.25) is 4.79 Å². The topological polar surface area (TPSA) is 44.4 Å². The van der Waals surface area contributed by atoms with E-state index in [4.69, 9.17) is 0 Å². The van der Waals surface area contributed by atoms with Gasteiger partial charge in [0.05, 0.1) is 5.56 Å². The summed E-state index contributed by atoms with van der Waals surface area (Å²) in [5.74, 6) is -0.0145. The molecule has 4 nitrogen and oxygen atoms in total. The molecule has 0 aliphatic carbocycles. The number of anilines is 1. The minimum absolute atomic E-state index is 0.0145. The highest BCUT2D eigenvalue weighted by Gasteiger charge is 2.13. The van der Waals surface area contributed by atoms with Crippen LogP contribution in [0.1, 0.15) is 29.3 Å². The largest absolute Gasteiger partial charge is 0.387 e. The van der Waals surface area contributed by atoms with Gasteiger partial charge in [0.2, 0.25) is 0 Å². The minimum Gasteiger partial charge on any atom is -0.387 e. The van der Waals surface area contributed by atoms with Crippen LogP contribution in [0, 0.1) is 6.92 Å². The summed E-state index contributed by atoms with van der Waals surface area (Å²) in [7, 11) is 5.90. The lowest BCUT2D eigenvalue weighted by Crippen LogP contribution is -2.35. The standard InChI is InChI=1S/C15H25N3O/c1-11-6-7-14(16-3)13(10-11)15(19)17-12(2)8-9-18(4)5/h6-7,10,12,16H,8-9H2,1-5H3,(H,17,19). The van der Waals surface area contributed by atoms with Crippen molar-refractivity contribution in [3.8, 4) is 0 Å². The molecule has 0 saturated heterocycles. The van der Waals surface area contributed by atoms with Crippen LogP contribution in [0.15, 0.2) is 18.2 Å². The SMILES string of the molecule is CNc1ccc(C)cc1C(=O)NC(C)CCN(C)C. The van der Waals surface area contributed by atoms with E-state index in [1.54, 1.807) is 0 Å². The number of nitrogens with one attached hydrogen (secondary N) is 2. The lowest BCUT2D eigenvalue weighted by molar-refractivity contribution is 0.0937. The Bertz CT molecular complexity index is 429. The van der Waals surface area contributed by atoms with Crippen molar-refractivity contribution >= 4 is 11.6 Å². The summed E-state index contributed by atoms with van der Waals surface area (Å²) < 4.78 is 0. The summed E-state index contributed by atoms with van der Waals surface area (Å²) in [4.78, 5) is 14.4. The second-order valence-corrected chi connectivity index (χ2v) is 5.27. The normalized spacial score (nSPS) is 12.3. The van der Waals surface area contributed by atoms with Crippen LogP contribution in [0.5, 0.6) is 0 Å². The second kappa shape index (κ2) is 7.14. The van der Waals surface area contributed by atoms with Crippen LogP contribution in [0.25, 0.3) is 0 Å². The molecule has 0 aliphatic heterocycles. The molecule has 1 atom stereocenters. The summed E-state index contributed by atoms with van der Waals surface area (Å²) in [5.41, 5.74) is 2.66. The van der Waals surface area contributed by atoms with E-state index in [0.717, 1.165) is 24.2 Å². The van der Waals surface area contributed by atoms with E-state index in [1.165, 1.54) is 0 Å². The van der Waals surface area contributed by atoms with E-state index >= 15 is 0 Å². The summed E-state index contributed by atoms with van der Waals surface area (Å²) >= 11 is 0. The van der Waals surface area contributed by atoms with Gasteiger partial charge in [-0.05, 0) is 53.0 Å². The predicted octanol–water partition coefficient (Wildman–Crippen LogP) is 2.11. The lowest BCUT2D eigenvalue weighted by atomic mass is 10.1. The van der Waals surface area contributed by atoms with Gasteiger partial charge in [0.15, 0.2) is 0 Å². The number of carbonyl (C=O) groups is 1. The van der Waals surface area contributed by atoms with Gasteiger partial charge in [0.25, 0.3) is 5.91 Å². The van der Waals surface area contributed by atoms with Crippen molar-refractivity contribution in [2.24, 2.45) is 0 Å². The molecule has 1 aromatic rings. The van der Waals surface area contributed by atoms with Crippen molar-refractivity contribution < 1.29 is 4.79 Å². The van der Waals surface area contributed by atoms with Crippen LogP contribution in [-0.4, -0.2) is 44.5 Å². The van der Waals surface area contributed by atoms with Crippen molar-refractivity contribution in [2.75, 3.05) is 33.0 Å². The van der Waals surface area contributed by atoms with Crippen molar-refractivity contribution in [3.05, 3.63) is 29.3 Å². The number of benzene rings is 1. The molecule has 1 unspecified atom stereocenters. The number of amides is 1. The molecule has 1 amide bonds. The molecular formula is C15H25N3O. The fraction of sp³-hybridized carbons (Fsp3) is 0.533. The number of nitrogens with zero attached hydrogens (tertiary/aromatic N) is 1. The number of carbonyl (C=O) groups excluding carboxylic acids is 1. The zero-order valence-corrected chi connectivity index (χ0v) is 12.6. The van der Waals surface area contributed by atoms with Gasteiger partial charge in [-0.2, -0.15) is 0 Å². The van der Waals surface area contributed by atoms with Crippen LogP contribution in [0.3, 0.4) is 0 Å². The number of rotatable bonds is 6. The third-order valence-corrected chi connectivity index (χ3v) is 3.08. The molecule has 0 radical (unpaired) electrons. The molecule has 1 rings (SSSR count). The number of hydrogen-bond acceptors (Lipinski definition) is 3. The molecule has 2 N–H and O–H groups in total. The van der Waals surface area contributed by atoms with Crippen molar-refractivity contribution in [3.63, 3.8) is 0 Å². The zero-order chi connectivity index (χ0) is 14.4. The van der Waals surface area contributed by atoms with Gasteiger partial charge in [-0.1, -0.05) is 11.6 Å². The molecule has 0 fully saturated rings. The van der Waals surface area contributed by atoms with Gasteiger partial charge in [0.1, 0.15) is 0 Å². The maximum Gasteiger partial charge on any atom is 0.253 e. The molecule has 4 heteroatoms. The van der Waals surface area contributed by atoms with E-state index < -0.39 is 0 Å². The van der Waals surface area contributed by atoms with Crippen molar-refractivity contribution in [1.82, 2.24) is 10.2 Å². The summed E-state index contributed by atoms with van der Waals surface area (Å²) in [6.07, 6.45) is 0.944. The van der Waals surface area contributed by atoms with Crippen LogP contribution in [0.4, 0.5) is 5.69 Å². The van der Waals surface area contributed by atoms with Crippen LogP contribution in [0.2, 0.25) is 0 Å². The summed E-state index contributed by atoms with van der Waals surface area (Å²) in [6, 6.07) is 6.02. The number of aryl methyl sites for hydroxylation is 1. The van der Waals surface area contributed by atoms with Crippen molar-refractivity contribution in [1.29, 1.82) is 0 Å². The molecule has 106 valence electrons. The van der Waals surface area contributed by atoms with E-state index in [2.05, 4.69) is 15.5 Å². The van der Waals surface area contributed by atoms with E-state index in [9.17, 15) is 4.79 Å². The van der Waals surface area contributed by atoms with Crippen molar-refractivity contribution in [2.45, 2.75) is 26.3 Å². The van der Waals surface area contributed by atoms with Gasteiger partial charge in [-0.25, -0.2) is 0 Å². The third kappa shape index (κ3) is 4.91. The Hall–Kier alpha value is -1.55. The fourth-order valence-electron chi connectivity index (χ4n) is 1.89. The molecule has 0 heterocycles. The molecule has 0 spiro atoms. The van der Waals surface area contributed by atoms with E-state index in [0.29, 0.717) is 5.56 Å². The first-order valence-electron chi connectivity index (χ1n) is 6.68. The Labute approximate surface area is 116 Å². The lowest BCUT2D eigenvalue weighted by Gasteiger charge is -2.18. The highest BCUT2D eigenvalue weighted by atomic mass is 16.1. The number of hydrogen-bond donors (Lipinski definition) is 2. The first-order chi connectivity index (χ1) is 8.93. The summed E-state index contributed by atoms with van der Waals surface area (Å²) in [5, 5.41) is 6.11. The average molecular weight is 263 g/mol. The van der Waals surface area contributed by atoms with Gasteiger partial charge in [0, 0.05) is 18.8 Å². The Morgan fingerprint density at radius 1 is 1.37 bits per heavy atom. The molecule has 0 aromatic heterocycles. The Morgan fingerprint density at radius 2 is 2.05 bits per heavy atom. The Balaban J connectivity index is 2.69. The fourth-order valence-corrected chi connectivity index (χ4v) is 1.89. The van der Waals surface area contributed by atoms with E-state index in [1.807, 2.05) is 53.2 Å². The smallest absolute Gasteiger partial charge is 0.253 e. The molecule has 0 bridgehead atoms. The highest BCUT2D eigenvalue weighted by molar-refractivity contribution is 5.99. The molecule has 0 saturated carbocycles. The maximum atomic E-state index is 12.3. The monoisotopic (exact) mass is 263 g/mol. The zero-order valence-electron chi connectivity index (χ0n) is 12.6. The van der Waals surface area contributed by atoms with E-state index in [-0.39, 0.29) is 11.9 Å². The third-order valence-electron chi connectivity index (χ3n) is 3.08. The summed E-state index contributed by atoms with van der Waals surface area (Å²) in [6.45, 7) is 5.00. The molecule has 19 heavy (non-hydrogen) atoms. The Kier molecular flexibility index (Phi) is 5.83. The highest BCUT2D eigenvalue weighted by Crippen LogP contribution is 2.17.